The van der Waals surface area contributed by atoms with E-state index in [1.54, 1.807) is 4.31 Å². The second-order valence-electron chi connectivity index (χ2n) is 6.11. The Labute approximate surface area is 117 Å². The zero-order valence-electron chi connectivity index (χ0n) is 12.1. The Morgan fingerprint density at radius 2 is 2.05 bits per heavy atom. The molecule has 0 amide bonds. The highest BCUT2D eigenvalue weighted by atomic mass is 32.2. The predicted octanol–water partition coefficient (Wildman–Crippen LogP) is 0.342. The van der Waals surface area contributed by atoms with E-state index < -0.39 is 10.0 Å². The van der Waals surface area contributed by atoms with E-state index in [0.29, 0.717) is 30.8 Å². The summed E-state index contributed by atoms with van der Waals surface area (Å²) in [6.45, 7) is 3.25. The monoisotopic (exact) mass is 289 g/mol. The van der Waals surface area contributed by atoms with E-state index >= 15 is 0 Å². The lowest BCUT2D eigenvalue weighted by molar-refractivity contribution is 0.189. The summed E-state index contributed by atoms with van der Waals surface area (Å²) >= 11 is 0. The van der Waals surface area contributed by atoms with Gasteiger partial charge in [0.1, 0.15) is 0 Å². The van der Waals surface area contributed by atoms with Gasteiger partial charge in [-0.3, -0.25) is 0 Å². The van der Waals surface area contributed by atoms with E-state index in [1.165, 1.54) is 0 Å². The summed E-state index contributed by atoms with van der Waals surface area (Å²) in [6.07, 6.45) is 4.21. The molecule has 2 rings (SSSR count). The second-order valence-corrected chi connectivity index (χ2v) is 8.12. The lowest BCUT2D eigenvalue weighted by Gasteiger charge is -2.36. The van der Waals surface area contributed by atoms with Gasteiger partial charge in [-0.15, -0.1) is 0 Å². The molecule has 2 fully saturated rings. The molecule has 0 saturated carbocycles. The van der Waals surface area contributed by atoms with Crippen molar-refractivity contribution in [3.63, 3.8) is 0 Å². The van der Waals surface area contributed by atoms with Crippen molar-refractivity contribution in [2.45, 2.75) is 31.7 Å². The summed E-state index contributed by atoms with van der Waals surface area (Å²) in [4.78, 5) is 2.14. The molecule has 2 aliphatic heterocycles. The number of sulfonamides is 1. The van der Waals surface area contributed by atoms with Crippen LogP contribution in [0.25, 0.3) is 0 Å². The molecule has 2 unspecified atom stereocenters. The van der Waals surface area contributed by atoms with Gasteiger partial charge in [-0.1, -0.05) is 0 Å². The van der Waals surface area contributed by atoms with Crippen LogP contribution in [0.4, 0.5) is 0 Å². The fraction of sp³-hybridized carbons (Fsp3) is 1.00. The zero-order chi connectivity index (χ0) is 13.9. The Balaban J connectivity index is 1.94. The van der Waals surface area contributed by atoms with E-state index in [4.69, 9.17) is 0 Å². The maximum Gasteiger partial charge on any atom is 0.214 e. The van der Waals surface area contributed by atoms with Crippen LogP contribution in [-0.2, 0) is 10.0 Å². The summed E-state index contributed by atoms with van der Waals surface area (Å²) < 4.78 is 26.7. The van der Waals surface area contributed by atoms with Gasteiger partial charge >= 0.3 is 0 Å². The fourth-order valence-corrected chi connectivity index (χ4v) is 4.96. The highest BCUT2D eigenvalue weighted by Gasteiger charge is 2.31. The van der Waals surface area contributed by atoms with Crippen LogP contribution in [0.15, 0.2) is 0 Å². The zero-order valence-corrected chi connectivity index (χ0v) is 13.0. The molecule has 0 aliphatic carbocycles. The Morgan fingerprint density at radius 3 is 2.68 bits per heavy atom. The molecular formula is C13H27N3O2S. The van der Waals surface area contributed by atoms with Gasteiger partial charge in [-0.2, -0.15) is 0 Å². The number of piperidine rings is 2. The molecule has 0 aromatic rings. The van der Waals surface area contributed by atoms with E-state index in [-0.39, 0.29) is 0 Å². The maximum absolute atomic E-state index is 12.5. The SMILES string of the molecule is CN(C)C1CCCN(S(=O)(=O)CC2CCCNC2)C1. The third kappa shape index (κ3) is 4.15. The van der Waals surface area contributed by atoms with Crippen LogP contribution in [0.1, 0.15) is 25.7 Å². The summed E-state index contributed by atoms with van der Waals surface area (Å²) in [5.74, 6) is 0.610. The summed E-state index contributed by atoms with van der Waals surface area (Å²) in [5.41, 5.74) is 0. The normalized spacial score (nSPS) is 30.7. The van der Waals surface area contributed by atoms with Crippen LogP contribution in [0, 0.1) is 5.92 Å². The summed E-state index contributed by atoms with van der Waals surface area (Å²) in [7, 11) is 0.984. The topological polar surface area (TPSA) is 52.7 Å². The molecule has 0 aromatic heterocycles. The summed E-state index contributed by atoms with van der Waals surface area (Å²) in [6, 6.07) is 0.369. The van der Waals surface area contributed by atoms with Crippen LogP contribution >= 0.6 is 0 Å². The number of rotatable bonds is 4. The number of hydrogen-bond donors (Lipinski definition) is 1. The molecule has 2 saturated heterocycles. The molecule has 0 bridgehead atoms. The van der Waals surface area contributed by atoms with E-state index in [0.717, 1.165) is 38.8 Å². The third-order valence-electron chi connectivity index (χ3n) is 4.33. The van der Waals surface area contributed by atoms with E-state index in [2.05, 4.69) is 10.2 Å². The van der Waals surface area contributed by atoms with Gasteiger partial charge in [0.15, 0.2) is 0 Å². The van der Waals surface area contributed by atoms with Crippen molar-refractivity contribution in [2.24, 2.45) is 5.92 Å². The smallest absolute Gasteiger partial charge is 0.214 e. The maximum atomic E-state index is 12.5. The first-order valence-electron chi connectivity index (χ1n) is 7.34. The summed E-state index contributed by atoms with van der Waals surface area (Å²) in [5, 5.41) is 3.30. The van der Waals surface area contributed by atoms with Crippen LogP contribution in [-0.4, -0.2) is 69.7 Å². The molecule has 2 aliphatic rings. The molecule has 5 nitrogen and oxygen atoms in total. The predicted molar refractivity (Wildman–Crippen MR) is 77.7 cm³/mol. The first-order valence-corrected chi connectivity index (χ1v) is 8.95. The van der Waals surface area contributed by atoms with Gasteiger partial charge < -0.3 is 10.2 Å². The number of hydrogen-bond acceptors (Lipinski definition) is 4. The average Bonchev–Trinajstić information content (AvgIpc) is 2.39. The molecule has 112 valence electrons. The van der Waals surface area contributed by atoms with Crippen LogP contribution in [0.3, 0.4) is 0 Å². The van der Waals surface area contributed by atoms with Crippen LogP contribution in [0.5, 0.6) is 0 Å². The lowest BCUT2D eigenvalue weighted by Crippen LogP contribution is -2.49. The van der Waals surface area contributed by atoms with Crippen molar-refractivity contribution in [3.8, 4) is 0 Å². The highest BCUT2D eigenvalue weighted by molar-refractivity contribution is 7.89. The fourth-order valence-electron chi connectivity index (χ4n) is 3.06. The minimum atomic E-state index is -3.08. The van der Waals surface area contributed by atoms with Crippen LogP contribution in [0.2, 0.25) is 0 Å². The van der Waals surface area contributed by atoms with Crippen molar-refractivity contribution in [3.05, 3.63) is 0 Å². The van der Waals surface area contributed by atoms with Crippen LogP contribution < -0.4 is 5.32 Å². The van der Waals surface area contributed by atoms with Gasteiger partial charge in [0.05, 0.1) is 5.75 Å². The Kier molecular flexibility index (Phi) is 5.22. The molecule has 1 N–H and O–H groups in total. The molecule has 6 heteroatoms. The Morgan fingerprint density at radius 1 is 1.26 bits per heavy atom. The van der Waals surface area contributed by atoms with Gasteiger partial charge in [-0.05, 0) is 58.8 Å². The minimum absolute atomic E-state index is 0.290. The minimum Gasteiger partial charge on any atom is -0.316 e. The molecule has 2 atom stereocenters. The first-order chi connectivity index (χ1) is 8.99. The molecule has 0 radical (unpaired) electrons. The van der Waals surface area contributed by atoms with Crippen molar-refractivity contribution in [1.82, 2.24) is 14.5 Å². The molecular weight excluding hydrogens is 262 g/mol. The standard InChI is InChI=1S/C13H27N3O2S/c1-15(2)13-6-4-8-16(10-13)19(17,18)11-12-5-3-7-14-9-12/h12-14H,3-11H2,1-2H3. The molecule has 0 aromatic carbocycles. The molecule has 19 heavy (non-hydrogen) atoms. The van der Waals surface area contributed by atoms with Crippen molar-refractivity contribution in [2.75, 3.05) is 46.0 Å². The average molecular weight is 289 g/mol. The Bertz CT molecular complexity index is 377. The highest BCUT2D eigenvalue weighted by Crippen LogP contribution is 2.20. The van der Waals surface area contributed by atoms with Gasteiger partial charge in [-0.25, -0.2) is 12.7 Å². The largest absolute Gasteiger partial charge is 0.316 e. The van der Waals surface area contributed by atoms with Gasteiger partial charge in [0, 0.05) is 19.1 Å². The molecule has 0 spiro atoms. The second kappa shape index (κ2) is 6.52. The van der Waals surface area contributed by atoms with Gasteiger partial charge in [0.25, 0.3) is 0 Å². The van der Waals surface area contributed by atoms with E-state index in [9.17, 15) is 8.42 Å². The quantitative estimate of drug-likeness (QED) is 0.811. The Hall–Kier alpha value is -0.170. The number of nitrogens with zero attached hydrogens (tertiary/aromatic N) is 2. The third-order valence-corrected chi connectivity index (χ3v) is 6.34. The number of likely N-dealkylation sites (N-methyl/N-ethyl adjacent to an activating group) is 1. The molecule has 2 heterocycles. The van der Waals surface area contributed by atoms with Gasteiger partial charge in [0.2, 0.25) is 10.0 Å². The van der Waals surface area contributed by atoms with E-state index in [1.807, 2.05) is 14.1 Å². The van der Waals surface area contributed by atoms with Crippen molar-refractivity contribution < 1.29 is 8.42 Å². The van der Waals surface area contributed by atoms with Crippen molar-refractivity contribution in [1.29, 1.82) is 0 Å². The first kappa shape index (κ1) is 15.2. The lowest BCUT2D eigenvalue weighted by atomic mass is 10.0. The number of nitrogens with one attached hydrogen (secondary N) is 1. The van der Waals surface area contributed by atoms with Crippen molar-refractivity contribution >= 4 is 10.0 Å².